The zero-order chi connectivity index (χ0) is 18.9. The number of hydrogen-bond donors (Lipinski definition) is 1. The second-order valence-electron chi connectivity index (χ2n) is 5.75. The topological polar surface area (TPSA) is 76.2 Å². The molecule has 5 nitrogen and oxygen atoms in total. The molecule has 132 valence electrons. The van der Waals surface area contributed by atoms with Crippen molar-refractivity contribution < 1.29 is 19.1 Å². The minimum absolute atomic E-state index is 0.136. The van der Waals surface area contributed by atoms with Gasteiger partial charge in [0, 0.05) is 21.3 Å². The van der Waals surface area contributed by atoms with E-state index < -0.39 is 17.9 Å². The molecule has 7 heteroatoms. The van der Waals surface area contributed by atoms with Crippen molar-refractivity contribution in [2.45, 2.75) is 33.8 Å². The molecule has 25 heavy (non-hydrogen) atoms. The van der Waals surface area contributed by atoms with Crippen molar-refractivity contribution in [1.29, 1.82) is 0 Å². The van der Waals surface area contributed by atoms with Crippen molar-refractivity contribution in [2.24, 2.45) is 0 Å². The van der Waals surface area contributed by atoms with Crippen LogP contribution in [0.2, 0.25) is 10.0 Å². The quantitative estimate of drug-likeness (QED) is 0.607. The number of esters is 1. The second-order valence-corrected chi connectivity index (χ2v) is 6.62. The van der Waals surface area contributed by atoms with Crippen LogP contribution in [0.1, 0.15) is 56.3 Å². The normalized spacial score (nSPS) is 11.9. The smallest absolute Gasteiger partial charge is 0.338 e. The maximum Gasteiger partial charge on any atom is 0.338 e. The van der Waals surface area contributed by atoms with Crippen LogP contribution < -0.4 is 0 Å². The summed E-state index contributed by atoms with van der Waals surface area (Å²) >= 11 is 11.7. The molecule has 1 heterocycles. The van der Waals surface area contributed by atoms with Crippen molar-refractivity contribution in [3.63, 3.8) is 0 Å². The molecule has 0 radical (unpaired) electrons. The average Bonchev–Trinajstić information content (AvgIpc) is 2.80. The Kier molecular flexibility index (Phi) is 5.70. The zero-order valence-corrected chi connectivity index (χ0v) is 15.7. The predicted octanol–water partition coefficient (Wildman–Crippen LogP) is 4.57. The molecule has 0 spiro atoms. The third-order valence-electron chi connectivity index (χ3n) is 3.79. The van der Waals surface area contributed by atoms with E-state index in [1.807, 2.05) is 0 Å². The summed E-state index contributed by atoms with van der Waals surface area (Å²) < 4.78 is 5.22. The van der Waals surface area contributed by atoms with E-state index in [4.69, 9.17) is 27.9 Å². The van der Waals surface area contributed by atoms with Crippen LogP contribution in [-0.4, -0.2) is 28.6 Å². The molecular formula is C18H17Cl2NO4. The highest BCUT2D eigenvalue weighted by Gasteiger charge is 2.26. The van der Waals surface area contributed by atoms with E-state index >= 15 is 0 Å². The number of Topliss-reactive ketones (excluding diaryl/α,β-unsaturated/α-hetero) is 2. The number of nitrogens with one attached hydrogen (secondary N) is 1. The van der Waals surface area contributed by atoms with Gasteiger partial charge in [-0.3, -0.25) is 9.59 Å². The number of rotatable bonds is 5. The van der Waals surface area contributed by atoms with Gasteiger partial charge in [0.1, 0.15) is 0 Å². The second kappa shape index (κ2) is 7.42. The molecule has 0 aliphatic rings. The lowest BCUT2D eigenvalue weighted by atomic mass is 10.0. The summed E-state index contributed by atoms with van der Waals surface area (Å²) in [6, 6.07) is 4.30. The van der Waals surface area contributed by atoms with Gasteiger partial charge in [0.05, 0.1) is 11.3 Å². The molecule has 1 aromatic heterocycles. The standard InChI is InChI=1S/C18H17Cl2NO4/c1-8-15(10(3)22)9(2)21-16(8)17(23)11(4)25-18(24)12-5-13(19)7-14(20)6-12/h5-7,11,21H,1-4H3/t11-/m0/s1. The van der Waals surface area contributed by atoms with Gasteiger partial charge in [-0.25, -0.2) is 4.79 Å². The van der Waals surface area contributed by atoms with Gasteiger partial charge < -0.3 is 9.72 Å². The minimum Gasteiger partial charge on any atom is -0.451 e. The number of hydrogen-bond acceptors (Lipinski definition) is 4. The fourth-order valence-corrected chi connectivity index (χ4v) is 3.21. The molecule has 0 saturated carbocycles. The Balaban J connectivity index is 2.22. The van der Waals surface area contributed by atoms with Gasteiger partial charge in [0.25, 0.3) is 0 Å². The Morgan fingerprint density at radius 1 is 1.08 bits per heavy atom. The summed E-state index contributed by atoms with van der Waals surface area (Å²) in [7, 11) is 0. The first-order chi connectivity index (χ1) is 11.6. The Hall–Kier alpha value is -2.11. The first-order valence-corrected chi connectivity index (χ1v) is 8.28. The van der Waals surface area contributed by atoms with Gasteiger partial charge in [-0.2, -0.15) is 0 Å². The maximum absolute atomic E-state index is 12.6. The first-order valence-electron chi connectivity index (χ1n) is 7.53. The van der Waals surface area contributed by atoms with E-state index in [0.717, 1.165) is 0 Å². The number of carbonyl (C=O) groups is 3. The van der Waals surface area contributed by atoms with E-state index in [-0.39, 0.29) is 17.0 Å². The molecule has 1 aromatic carbocycles. The molecule has 0 unspecified atom stereocenters. The van der Waals surface area contributed by atoms with Gasteiger partial charge >= 0.3 is 5.97 Å². The number of ketones is 2. The molecule has 0 saturated heterocycles. The number of carbonyl (C=O) groups excluding carboxylic acids is 3. The molecule has 0 aliphatic carbocycles. The van der Waals surface area contributed by atoms with Crippen LogP contribution >= 0.6 is 23.2 Å². The summed E-state index contributed by atoms with van der Waals surface area (Å²) in [5, 5.41) is 0.584. The van der Waals surface area contributed by atoms with Gasteiger partial charge in [-0.1, -0.05) is 23.2 Å². The number of aryl methyl sites for hydroxylation is 1. The predicted molar refractivity (Wildman–Crippen MR) is 95.9 cm³/mol. The van der Waals surface area contributed by atoms with Crippen LogP contribution in [-0.2, 0) is 4.74 Å². The fourth-order valence-electron chi connectivity index (χ4n) is 2.68. The van der Waals surface area contributed by atoms with Crippen molar-refractivity contribution >= 4 is 40.7 Å². The number of H-pyrrole nitrogens is 1. The summed E-state index contributed by atoms with van der Waals surface area (Å²) in [6.07, 6.45) is -1.04. The maximum atomic E-state index is 12.6. The van der Waals surface area contributed by atoms with Crippen LogP contribution in [0, 0.1) is 13.8 Å². The minimum atomic E-state index is -1.04. The van der Waals surface area contributed by atoms with Crippen LogP contribution in [0.3, 0.4) is 0 Å². The van der Waals surface area contributed by atoms with E-state index in [1.54, 1.807) is 13.8 Å². The van der Waals surface area contributed by atoms with Gasteiger partial charge in [-0.15, -0.1) is 0 Å². The van der Waals surface area contributed by atoms with E-state index in [0.29, 0.717) is 26.9 Å². The van der Waals surface area contributed by atoms with Crippen LogP contribution in [0.25, 0.3) is 0 Å². The Bertz CT molecular complexity index is 850. The molecule has 0 fully saturated rings. The van der Waals surface area contributed by atoms with Crippen molar-refractivity contribution in [3.8, 4) is 0 Å². The number of benzene rings is 1. The average molecular weight is 382 g/mol. The summed E-state index contributed by atoms with van der Waals surface area (Å²) in [6.45, 7) is 6.29. The number of ether oxygens (including phenoxy) is 1. The monoisotopic (exact) mass is 381 g/mol. The van der Waals surface area contributed by atoms with Crippen molar-refractivity contribution in [2.75, 3.05) is 0 Å². The lowest BCUT2D eigenvalue weighted by Gasteiger charge is -2.12. The molecule has 2 rings (SSSR count). The summed E-state index contributed by atoms with van der Waals surface area (Å²) in [4.78, 5) is 39.4. The Labute approximate surface area is 155 Å². The highest BCUT2D eigenvalue weighted by atomic mass is 35.5. The molecular weight excluding hydrogens is 365 g/mol. The third kappa shape index (κ3) is 4.11. The lowest BCUT2D eigenvalue weighted by Crippen LogP contribution is -2.25. The van der Waals surface area contributed by atoms with Crippen LogP contribution in [0.5, 0.6) is 0 Å². The van der Waals surface area contributed by atoms with E-state index in [9.17, 15) is 14.4 Å². The molecule has 1 N–H and O–H groups in total. The van der Waals surface area contributed by atoms with Gasteiger partial charge in [-0.05, 0) is 51.5 Å². The highest BCUT2D eigenvalue weighted by molar-refractivity contribution is 6.35. The fraction of sp³-hybridized carbons (Fsp3) is 0.278. The molecule has 0 amide bonds. The van der Waals surface area contributed by atoms with Crippen LogP contribution in [0.4, 0.5) is 0 Å². The SMILES string of the molecule is CC(=O)c1c(C)[nH]c(C(=O)[C@H](C)OC(=O)c2cc(Cl)cc(Cl)c2)c1C. The number of aromatic nitrogens is 1. The number of halogens is 2. The largest absolute Gasteiger partial charge is 0.451 e. The van der Waals surface area contributed by atoms with Gasteiger partial charge in [0.15, 0.2) is 11.9 Å². The van der Waals surface area contributed by atoms with E-state index in [2.05, 4.69) is 4.98 Å². The van der Waals surface area contributed by atoms with Crippen molar-refractivity contribution in [3.05, 3.63) is 56.3 Å². The first kappa shape index (κ1) is 19.2. The lowest BCUT2D eigenvalue weighted by molar-refractivity contribution is 0.0317. The summed E-state index contributed by atoms with van der Waals surface area (Å²) in [5.74, 6) is -1.27. The zero-order valence-electron chi connectivity index (χ0n) is 14.2. The van der Waals surface area contributed by atoms with Crippen LogP contribution in [0.15, 0.2) is 18.2 Å². The van der Waals surface area contributed by atoms with Gasteiger partial charge in [0.2, 0.25) is 5.78 Å². The number of aromatic amines is 1. The molecule has 2 aromatic rings. The third-order valence-corrected chi connectivity index (χ3v) is 4.22. The van der Waals surface area contributed by atoms with Crippen molar-refractivity contribution in [1.82, 2.24) is 4.98 Å². The highest BCUT2D eigenvalue weighted by Crippen LogP contribution is 2.22. The Morgan fingerprint density at radius 2 is 1.64 bits per heavy atom. The Morgan fingerprint density at radius 3 is 2.12 bits per heavy atom. The molecule has 1 atom stereocenters. The molecule has 0 aliphatic heterocycles. The molecule has 0 bridgehead atoms. The summed E-state index contributed by atoms with van der Waals surface area (Å²) in [5.41, 5.74) is 2.04. The van der Waals surface area contributed by atoms with E-state index in [1.165, 1.54) is 32.0 Å².